The summed E-state index contributed by atoms with van der Waals surface area (Å²) in [5, 5.41) is 0. The largest absolute Gasteiger partial charge is 0.351 e. The predicted molar refractivity (Wildman–Crippen MR) is 40.1 cm³/mol. The quantitative estimate of drug-likeness (QED) is 0.577. The minimum atomic E-state index is -0.966. The van der Waals surface area contributed by atoms with Crippen LogP contribution in [0.1, 0.15) is 25.7 Å². The van der Waals surface area contributed by atoms with E-state index < -0.39 is 12.0 Å². The van der Waals surface area contributed by atoms with Crippen molar-refractivity contribution in [3.8, 4) is 0 Å². The summed E-state index contributed by atoms with van der Waals surface area (Å²) < 4.78 is 23.3. The lowest BCUT2D eigenvalue weighted by Crippen LogP contribution is -2.45. The van der Waals surface area contributed by atoms with Crippen molar-refractivity contribution in [2.45, 2.75) is 37.6 Å². The summed E-state index contributed by atoms with van der Waals surface area (Å²) >= 11 is 0. The highest BCUT2D eigenvalue weighted by atomic mass is 19.1. The Bertz CT molecular complexity index is 123. The lowest BCUT2D eigenvalue weighted by molar-refractivity contribution is -0.256. The molecule has 1 aliphatic rings. The van der Waals surface area contributed by atoms with Gasteiger partial charge in [0.2, 0.25) is 0 Å². The van der Waals surface area contributed by atoms with Crippen molar-refractivity contribution in [1.29, 1.82) is 0 Å². The Morgan fingerprint density at radius 1 is 1.27 bits per heavy atom. The van der Waals surface area contributed by atoms with Crippen molar-refractivity contribution in [1.82, 2.24) is 0 Å². The molecular formula is C8H15FO2. The molecule has 0 saturated heterocycles. The van der Waals surface area contributed by atoms with Crippen molar-refractivity contribution in [3.05, 3.63) is 0 Å². The Morgan fingerprint density at radius 3 is 2.27 bits per heavy atom. The van der Waals surface area contributed by atoms with E-state index in [2.05, 4.69) is 0 Å². The zero-order valence-electron chi connectivity index (χ0n) is 7.10. The average Bonchev–Trinajstić information content (AvgIpc) is 2.06. The van der Waals surface area contributed by atoms with E-state index in [1.54, 1.807) is 0 Å². The highest BCUT2D eigenvalue weighted by molar-refractivity contribution is 4.83. The molecule has 1 unspecified atom stereocenters. The molecule has 0 spiro atoms. The van der Waals surface area contributed by atoms with Gasteiger partial charge >= 0.3 is 0 Å². The second kappa shape index (κ2) is 3.50. The van der Waals surface area contributed by atoms with Gasteiger partial charge < -0.3 is 9.47 Å². The van der Waals surface area contributed by atoms with Crippen molar-refractivity contribution in [2.75, 3.05) is 14.2 Å². The van der Waals surface area contributed by atoms with E-state index >= 15 is 0 Å². The maximum atomic E-state index is 13.3. The molecule has 0 aromatic carbocycles. The fourth-order valence-corrected chi connectivity index (χ4v) is 1.61. The molecule has 66 valence electrons. The number of methoxy groups -OCH3 is 2. The molecule has 0 aliphatic heterocycles. The Balaban J connectivity index is 2.61. The lowest BCUT2D eigenvalue weighted by atomic mass is 9.92. The monoisotopic (exact) mass is 162 g/mol. The van der Waals surface area contributed by atoms with Gasteiger partial charge in [-0.2, -0.15) is 0 Å². The molecule has 0 radical (unpaired) electrons. The number of halogens is 1. The van der Waals surface area contributed by atoms with Gasteiger partial charge in [-0.25, -0.2) is 4.39 Å². The van der Waals surface area contributed by atoms with Crippen LogP contribution in [0.4, 0.5) is 4.39 Å². The SMILES string of the molecule is COC1(OC)CCCCC1F. The molecule has 0 N–H and O–H groups in total. The van der Waals surface area contributed by atoms with Crippen LogP contribution in [0.3, 0.4) is 0 Å². The number of rotatable bonds is 2. The molecule has 1 fully saturated rings. The third kappa shape index (κ3) is 1.54. The Labute approximate surface area is 66.7 Å². The van der Waals surface area contributed by atoms with Gasteiger partial charge in [-0.1, -0.05) is 6.42 Å². The standard InChI is InChI=1S/C8H15FO2/c1-10-8(11-2)6-4-3-5-7(8)9/h7H,3-6H2,1-2H3. The van der Waals surface area contributed by atoms with Gasteiger partial charge in [0, 0.05) is 20.6 Å². The molecule has 1 saturated carbocycles. The van der Waals surface area contributed by atoms with Crippen LogP contribution in [-0.2, 0) is 9.47 Å². The molecule has 3 heteroatoms. The number of hydrogen-bond acceptors (Lipinski definition) is 2. The van der Waals surface area contributed by atoms with E-state index in [1.807, 2.05) is 0 Å². The van der Waals surface area contributed by atoms with E-state index in [0.29, 0.717) is 12.8 Å². The summed E-state index contributed by atoms with van der Waals surface area (Å²) in [6.07, 6.45) is 2.19. The van der Waals surface area contributed by atoms with Crippen LogP contribution in [-0.4, -0.2) is 26.2 Å². The van der Waals surface area contributed by atoms with Gasteiger partial charge in [-0.05, 0) is 12.8 Å². The van der Waals surface area contributed by atoms with Gasteiger partial charge in [0.1, 0.15) is 0 Å². The smallest absolute Gasteiger partial charge is 0.199 e. The van der Waals surface area contributed by atoms with E-state index in [1.165, 1.54) is 14.2 Å². The highest BCUT2D eigenvalue weighted by Crippen LogP contribution is 2.33. The van der Waals surface area contributed by atoms with E-state index in [9.17, 15) is 4.39 Å². The van der Waals surface area contributed by atoms with Crippen LogP contribution in [0.25, 0.3) is 0 Å². The fourth-order valence-electron chi connectivity index (χ4n) is 1.61. The summed E-state index contributed by atoms with van der Waals surface area (Å²) in [6, 6.07) is 0. The molecule has 0 bridgehead atoms. The van der Waals surface area contributed by atoms with Crippen LogP contribution in [0.5, 0.6) is 0 Å². The molecule has 0 amide bonds. The molecular weight excluding hydrogens is 147 g/mol. The third-order valence-corrected chi connectivity index (χ3v) is 2.40. The summed E-state index contributed by atoms with van der Waals surface area (Å²) in [5.41, 5.74) is 0. The second-order valence-electron chi connectivity index (χ2n) is 2.93. The minimum Gasteiger partial charge on any atom is -0.351 e. The fraction of sp³-hybridized carbons (Fsp3) is 1.00. The van der Waals surface area contributed by atoms with Crippen LogP contribution < -0.4 is 0 Å². The number of ether oxygens (including phenoxy) is 2. The van der Waals surface area contributed by atoms with Gasteiger partial charge in [-0.3, -0.25) is 0 Å². The van der Waals surface area contributed by atoms with Crippen LogP contribution in [0.15, 0.2) is 0 Å². The molecule has 11 heavy (non-hydrogen) atoms. The molecule has 1 aliphatic carbocycles. The van der Waals surface area contributed by atoms with Crippen molar-refractivity contribution < 1.29 is 13.9 Å². The predicted octanol–water partition coefficient (Wildman–Crippen LogP) is 1.89. The van der Waals surface area contributed by atoms with Crippen LogP contribution in [0.2, 0.25) is 0 Å². The number of alkyl halides is 1. The summed E-state index contributed by atoms with van der Waals surface area (Å²) in [5.74, 6) is -0.946. The summed E-state index contributed by atoms with van der Waals surface area (Å²) in [7, 11) is 3.00. The maximum Gasteiger partial charge on any atom is 0.199 e. The first-order valence-electron chi connectivity index (χ1n) is 3.99. The van der Waals surface area contributed by atoms with Gasteiger partial charge in [0.05, 0.1) is 0 Å². The van der Waals surface area contributed by atoms with Gasteiger partial charge in [0.15, 0.2) is 12.0 Å². The zero-order chi connectivity index (χ0) is 8.32. The van der Waals surface area contributed by atoms with E-state index in [-0.39, 0.29) is 0 Å². The summed E-state index contributed by atoms with van der Waals surface area (Å²) in [6.45, 7) is 0. The Kier molecular flexibility index (Phi) is 2.84. The first-order chi connectivity index (χ1) is 5.25. The Hall–Kier alpha value is -0.150. The number of hydrogen-bond donors (Lipinski definition) is 0. The van der Waals surface area contributed by atoms with Crippen molar-refractivity contribution in [2.24, 2.45) is 0 Å². The topological polar surface area (TPSA) is 18.5 Å². The van der Waals surface area contributed by atoms with E-state index in [0.717, 1.165) is 12.8 Å². The molecule has 0 heterocycles. The molecule has 1 atom stereocenters. The van der Waals surface area contributed by atoms with Crippen LogP contribution in [0, 0.1) is 0 Å². The third-order valence-electron chi connectivity index (χ3n) is 2.40. The second-order valence-corrected chi connectivity index (χ2v) is 2.93. The zero-order valence-corrected chi connectivity index (χ0v) is 7.10. The summed E-state index contributed by atoms with van der Waals surface area (Å²) in [4.78, 5) is 0. The molecule has 0 aromatic rings. The van der Waals surface area contributed by atoms with Crippen molar-refractivity contribution in [3.63, 3.8) is 0 Å². The highest BCUT2D eigenvalue weighted by Gasteiger charge is 2.41. The van der Waals surface area contributed by atoms with Crippen molar-refractivity contribution >= 4 is 0 Å². The molecule has 2 nitrogen and oxygen atoms in total. The normalized spacial score (nSPS) is 30.3. The van der Waals surface area contributed by atoms with E-state index in [4.69, 9.17) is 9.47 Å². The lowest BCUT2D eigenvalue weighted by Gasteiger charge is -2.37. The molecule has 1 rings (SSSR count). The maximum absolute atomic E-state index is 13.3. The average molecular weight is 162 g/mol. The Morgan fingerprint density at radius 2 is 1.91 bits per heavy atom. The van der Waals surface area contributed by atoms with Gasteiger partial charge in [0.25, 0.3) is 0 Å². The minimum absolute atomic E-state index is 0.557. The first-order valence-corrected chi connectivity index (χ1v) is 3.99. The van der Waals surface area contributed by atoms with Crippen LogP contribution >= 0.6 is 0 Å². The molecule has 0 aromatic heterocycles. The van der Waals surface area contributed by atoms with Gasteiger partial charge in [-0.15, -0.1) is 0 Å². The first kappa shape index (κ1) is 8.94.